The molecule has 4 atom stereocenters. The molecule has 0 amide bonds. The zero-order chi connectivity index (χ0) is 30.1. The van der Waals surface area contributed by atoms with Crippen LogP contribution in [0.4, 0.5) is 0 Å². The largest absolute Gasteiger partial charge is 0.491 e. The summed E-state index contributed by atoms with van der Waals surface area (Å²) in [4.78, 5) is 0. The van der Waals surface area contributed by atoms with Crippen molar-refractivity contribution in [3.63, 3.8) is 0 Å². The molecule has 0 bridgehead atoms. The lowest BCUT2D eigenvalue weighted by Crippen LogP contribution is -2.32. The second-order valence-electron chi connectivity index (χ2n) is 12.6. The van der Waals surface area contributed by atoms with Gasteiger partial charge in [-0.2, -0.15) is 0 Å². The van der Waals surface area contributed by atoms with Crippen LogP contribution in [0.3, 0.4) is 0 Å². The first-order chi connectivity index (χ1) is 21.4. The van der Waals surface area contributed by atoms with Gasteiger partial charge in [0.2, 0.25) is 12.6 Å². The lowest BCUT2D eigenvalue weighted by Gasteiger charge is -2.34. The van der Waals surface area contributed by atoms with Gasteiger partial charge in [-0.15, -0.1) is 0 Å². The highest BCUT2D eigenvalue weighted by atomic mass is 16.7. The van der Waals surface area contributed by atoms with Crippen molar-refractivity contribution >= 4 is 0 Å². The second kappa shape index (κ2) is 11.9. The van der Waals surface area contributed by atoms with Crippen molar-refractivity contribution in [1.82, 2.24) is 0 Å². The Bertz CT molecular complexity index is 1530. The molecule has 4 aromatic carbocycles. The van der Waals surface area contributed by atoms with Gasteiger partial charge >= 0.3 is 0 Å². The zero-order valence-electron chi connectivity index (χ0n) is 25.7. The Labute approximate surface area is 259 Å². The molecule has 228 valence electrons. The Kier molecular flexibility index (Phi) is 7.83. The van der Waals surface area contributed by atoms with Crippen molar-refractivity contribution in [2.75, 3.05) is 26.4 Å². The monoisotopic (exact) mass is 592 g/mol. The first kappa shape index (κ1) is 28.9. The van der Waals surface area contributed by atoms with Gasteiger partial charge in [0.05, 0.1) is 19.8 Å². The maximum atomic E-state index is 5.96. The number of benzene rings is 4. The molecule has 3 fully saturated rings. The van der Waals surface area contributed by atoms with Crippen molar-refractivity contribution in [3.8, 4) is 17.2 Å². The highest BCUT2D eigenvalue weighted by Crippen LogP contribution is 2.42. The molecule has 4 aromatic rings. The average Bonchev–Trinajstić information content (AvgIpc) is 3.85. The minimum absolute atomic E-state index is 0.114. The molecule has 0 aliphatic carbocycles. The minimum Gasteiger partial charge on any atom is -0.491 e. The van der Waals surface area contributed by atoms with E-state index in [1.54, 1.807) is 0 Å². The molecule has 44 heavy (non-hydrogen) atoms. The molecule has 6 heteroatoms. The molecule has 0 spiro atoms. The smallest absolute Gasteiger partial charge is 0.202 e. The van der Waals surface area contributed by atoms with Crippen LogP contribution >= 0.6 is 0 Å². The standard InChI is InChI=1S/C38H40O6/c1-37(2,27-8-16-32(17-9-27)43-35-20-22-39-35)26-4-6-28(7-5-26)38(3,29-10-14-31(15-11-29)41-24-34-25-42-34)30-12-18-33(19-13-30)44-36-21-23-40-36/h4-19,34-36H,20-25H2,1-3H3/t34?,35-,36-,38?/m1/s1. The molecular formula is C38H40O6. The van der Waals surface area contributed by atoms with Crippen LogP contribution < -0.4 is 14.2 Å². The van der Waals surface area contributed by atoms with Crippen LogP contribution in [-0.2, 0) is 25.0 Å². The lowest BCUT2D eigenvalue weighted by atomic mass is 9.70. The molecule has 2 unspecified atom stereocenters. The van der Waals surface area contributed by atoms with E-state index in [4.69, 9.17) is 28.4 Å². The summed E-state index contributed by atoms with van der Waals surface area (Å²) in [6, 6.07) is 34.3. The van der Waals surface area contributed by atoms with E-state index in [0.717, 1.165) is 49.9 Å². The van der Waals surface area contributed by atoms with E-state index in [0.29, 0.717) is 6.61 Å². The molecule has 3 aliphatic heterocycles. The Balaban J connectivity index is 1.16. The lowest BCUT2D eigenvalue weighted by molar-refractivity contribution is -0.165. The third-order valence-corrected chi connectivity index (χ3v) is 9.31. The van der Waals surface area contributed by atoms with Gasteiger partial charge in [0.1, 0.15) is 30.0 Å². The van der Waals surface area contributed by atoms with Gasteiger partial charge in [-0.25, -0.2) is 0 Å². The Morgan fingerprint density at radius 3 is 1.30 bits per heavy atom. The predicted octanol–water partition coefficient (Wildman–Crippen LogP) is 7.39. The number of hydrogen-bond acceptors (Lipinski definition) is 6. The van der Waals surface area contributed by atoms with Crippen LogP contribution in [0.15, 0.2) is 97.1 Å². The fourth-order valence-electron chi connectivity index (χ4n) is 5.86. The van der Waals surface area contributed by atoms with Gasteiger partial charge < -0.3 is 28.4 Å². The fraction of sp³-hybridized carbons (Fsp3) is 0.368. The van der Waals surface area contributed by atoms with Crippen molar-refractivity contribution in [2.45, 2.75) is 63.1 Å². The normalized spacial score (nSPS) is 22.2. The van der Waals surface area contributed by atoms with Crippen LogP contribution in [0.1, 0.15) is 61.4 Å². The van der Waals surface area contributed by atoms with Gasteiger partial charge in [-0.05, 0) is 71.1 Å². The van der Waals surface area contributed by atoms with Crippen LogP contribution in [0.25, 0.3) is 0 Å². The molecule has 0 radical (unpaired) electrons. The summed E-state index contributed by atoms with van der Waals surface area (Å²) in [5.74, 6) is 2.51. The van der Waals surface area contributed by atoms with E-state index >= 15 is 0 Å². The molecule has 0 saturated carbocycles. The first-order valence-electron chi connectivity index (χ1n) is 15.6. The highest BCUT2D eigenvalue weighted by Gasteiger charge is 2.33. The maximum absolute atomic E-state index is 5.96. The van der Waals surface area contributed by atoms with Crippen molar-refractivity contribution < 1.29 is 28.4 Å². The third-order valence-electron chi connectivity index (χ3n) is 9.31. The summed E-state index contributed by atoms with van der Waals surface area (Å²) in [5.41, 5.74) is 5.45. The summed E-state index contributed by atoms with van der Waals surface area (Å²) >= 11 is 0. The van der Waals surface area contributed by atoms with Crippen LogP contribution in [0, 0.1) is 0 Å². The minimum atomic E-state index is -0.408. The maximum Gasteiger partial charge on any atom is 0.202 e. The molecule has 3 saturated heterocycles. The van der Waals surface area contributed by atoms with Crippen molar-refractivity contribution in [1.29, 1.82) is 0 Å². The Morgan fingerprint density at radius 1 is 0.545 bits per heavy atom. The average molecular weight is 593 g/mol. The molecule has 3 aliphatic rings. The Morgan fingerprint density at radius 2 is 0.909 bits per heavy atom. The second-order valence-corrected chi connectivity index (χ2v) is 12.6. The predicted molar refractivity (Wildman–Crippen MR) is 169 cm³/mol. The number of rotatable bonds is 12. The molecule has 3 heterocycles. The summed E-state index contributed by atoms with van der Waals surface area (Å²) in [7, 11) is 0. The van der Waals surface area contributed by atoms with E-state index in [1.807, 2.05) is 24.3 Å². The van der Waals surface area contributed by atoms with E-state index in [-0.39, 0.29) is 24.1 Å². The van der Waals surface area contributed by atoms with Gasteiger partial charge in [0, 0.05) is 23.7 Å². The molecule has 7 rings (SSSR count). The van der Waals surface area contributed by atoms with Gasteiger partial charge in [0.25, 0.3) is 0 Å². The van der Waals surface area contributed by atoms with Gasteiger partial charge in [0.15, 0.2) is 0 Å². The first-order valence-corrected chi connectivity index (χ1v) is 15.6. The molecular weight excluding hydrogens is 552 g/mol. The SMILES string of the molecule is CC(C)(c1ccc(O[C@@H]2CCO2)cc1)c1ccc(C(C)(c2ccc(OCC3CO3)cc2)c2ccc(O[C@@H]3CCO3)cc2)cc1. The van der Waals surface area contributed by atoms with E-state index in [9.17, 15) is 0 Å². The molecule has 6 nitrogen and oxygen atoms in total. The topological polar surface area (TPSA) is 58.7 Å². The van der Waals surface area contributed by atoms with E-state index in [1.165, 1.54) is 27.8 Å². The number of hydrogen-bond donors (Lipinski definition) is 0. The van der Waals surface area contributed by atoms with Crippen molar-refractivity contribution in [3.05, 3.63) is 125 Å². The summed E-state index contributed by atoms with van der Waals surface area (Å²) < 4.78 is 34.0. The molecule has 0 N–H and O–H groups in total. The van der Waals surface area contributed by atoms with Gasteiger partial charge in [-0.3, -0.25) is 0 Å². The number of epoxide rings is 1. The fourth-order valence-corrected chi connectivity index (χ4v) is 5.86. The van der Waals surface area contributed by atoms with Crippen LogP contribution in [0.2, 0.25) is 0 Å². The zero-order valence-corrected chi connectivity index (χ0v) is 25.7. The molecule has 0 aromatic heterocycles. The van der Waals surface area contributed by atoms with Gasteiger partial charge in [-0.1, -0.05) is 74.5 Å². The highest BCUT2D eigenvalue weighted by molar-refractivity contribution is 5.53. The van der Waals surface area contributed by atoms with E-state index < -0.39 is 5.41 Å². The summed E-state index contributed by atoms with van der Waals surface area (Å²) in [6.45, 7) is 9.73. The number of ether oxygens (including phenoxy) is 6. The summed E-state index contributed by atoms with van der Waals surface area (Å²) in [5, 5.41) is 0. The quantitative estimate of drug-likeness (QED) is 0.126. The summed E-state index contributed by atoms with van der Waals surface area (Å²) in [6.07, 6.45) is 1.84. The van der Waals surface area contributed by atoms with Crippen LogP contribution in [-0.4, -0.2) is 45.1 Å². The van der Waals surface area contributed by atoms with E-state index in [2.05, 4.69) is 93.6 Å². The Hall–Kier alpha value is -3.84. The van der Waals surface area contributed by atoms with Crippen LogP contribution in [0.5, 0.6) is 17.2 Å². The third kappa shape index (κ3) is 5.94. The van der Waals surface area contributed by atoms with Crippen molar-refractivity contribution in [2.24, 2.45) is 0 Å².